The molecule has 2 rings (SSSR count). The third-order valence-corrected chi connectivity index (χ3v) is 2.38. The predicted octanol–water partition coefficient (Wildman–Crippen LogP) is 1.24. The first-order valence-electron chi connectivity index (χ1n) is 5.11. The van der Waals surface area contributed by atoms with Crippen LogP contribution in [0.15, 0.2) is 36.7 Å². The highest BCUT2D eigenvalue weighted by Gasteiger charge is 2.07. The van der Waals surface area contributed by atoms with Gasteiger partial charge in [-0.3, -0.25) is 9.89 Å². The standard InChI is InChI=1S/C11H12N3O3/c15-6-5-13-8-9(7-12-13)10-3-1-2-4-11(10)14(16)17/h1-4,7-8,15-16H,5-6H2/q-1. The van der Waals surface area contributed by atoms with Gasteiger partial charge in [0, 0.05) is 17.3 Å². The highest BCUT2D eigenvalue weighted by atomic mass is 16.8. The fourth-order valence-corrected chi connectivity index (χ4v) is 1.61. The van der Waals surface area contributed by atoms with Crippen molar-refractivity contribution in [2.75, 3.05) is 11.8 Å². The van der Waals surface area contributed by atoms with Crippen molar-refractivity contribution in [2.45, 2.75) is 6.54 Å². The maximum atomic E-state index is 11.0. The molecule has 0 aliphatic heterocycles. The Bertz CT molecular complexity index is 496. The fourth-order valence-electron chi connectivity index (χ4n) is 1.61. The molecule has 6 nitrogen and oxygen atoms in total. The first-order valence-corrected chi connectivity index (χ1v) is 5.11. The van der Waals surface area contributed by atoms with E-state index in [9.17, 15) is 5.21 Å². The van der Waals surface area contributed by atoms with Crippen LogP contribution in [-0.2, 0) is 6.54 Å². The minimum Gasteiger partial charge on any atom is -0.733 e. The lowest BCUT2D eigenvalue weighted by Gasteiger charge is -2.24. The van der Waals surface area contributed by atoms with Crippen molar-refractivity contribution in [1.82, 2.24) is 9.78 Å². The third-order valence-electron chi connectivity index (χ3n) is 2.38. The monoisotopic (exact) mass is 234 g/mol. The molecule has 0 bridgehead atoms. The Morgan fingerprint density at radius 3 is 2.82 bits per heavy atom. The highest BCUT2D eigenvalue weighted by molar-refractivity contribution is 5.77. The van der Waals surface area contributed by atoms with Gasteiger partial charge in [-0.05, 0) is 6.07 Å². The number of aliphatic hydroxyl groups is 1. The molecule has 0 aliphatic rings. The molecule has 2 aromatic rings. The number of aliphatic hydroxyl groups excluding tert-OH is 1. The third kappa shape index (κ3) is 2.44. The van der Waals surface area contributed by atoms with Crippen LogP contribution in [0.4, 0.5) is 5.69 Å². The zero-order valence-electron chi connectivity index (χ0n) is 9.02. The summed E-state index contributed by atoms with van der Waals surface area (Å²) in [6.45, 7) is 0.388. The highest BCUT2D eigenvalue weighted by Crippen LogP contribution is 2.29. The number of hydrogen-bond acceptors (Lipinski definition) is 5. The summed E-state index contributed by atoms with van der Waals surface area (Å²) < 4.78 is 1.57. The quantitative estimate of drug-likeness (QED) is 0.777. The summed E-state index contributed by atoms with van der Waals surface area (Å²) in [6, 6.07) is 6.67. The van der Waals surface area contributed by atoms with Crippen molar-refractivity contribution >= 4 is 5.69 Å². The molecule has 0 radical (unpaired) electrons. The van der Waals surface area contributed by atoms with Gasteiger partial charge in [-0.1, -0.05) is 18.2 Å². The van der Waals surface area contributed by atoms with E-state index in [1.807, 2.05) is 0 Å². The lowest BCUT2D eigenvalue weighted by molar-refractivity contribution is 0.269. The van der Waals surface area contributed by atoms with E-state index in [2.05, 4.69) is 5.10 Å². The van der Waals surface area contributed by atoms with Crippen molar-refractivity contribution in [2.24, 2.45) is 0 Å². The molecule has 2 N–H and O–H groups in total. The van der Waals surface area contributed by atoms with E-state index in [-0.39, 0.29) is 17.5 Å². The Kier molecular flexibility index (Phi) is 3.38. The predicted molar refractivity (Wildman–Crippen MR) is 62.4 cm³/mol. The summed E-state index contributed by atoms with van der Waals surface area (Å²) in [4.78, 5) is 0. The van der Waals surface area contributed by atoms with Gasteiger partial charge in [-0.25, -0.2) is 0 Å². The molecule has 0 unspecified atom stereocenters. The molecule has 6 heteroatoms. The van der Waals surface area contributed by atoms with Crippen LogP contribution in [0.1, 0.15) is 0 Å². The molecule has 0 saturated heterocycles. The summed E-state index contributed by atoms with van der Waals surface area (Å²) >= 11 is 0. The fraction of sp³-hybridized carbons (Fsp3) is 0.182. The Labute approximate surface area is 97.9 Å². The van der Waals surface area contributed by atoms with E-state index in [0.717, 1.165) is 0 Å². The van der Waals surface area contributed by atoms with Crippen molar-refractivity contribution in [1.29, 1.82) is 0 Å². The van der Waals surface area contributed by atoms with Crippen LogP contribution in [0.5, 0.6) is 0 Å². The van der Waals surface area contributed by atoms with Gasteiger partial charge in [0.15, 0.2) is 0 Å². The van der Waals surface area contributed by atoms with Crippen molar-refractivity contribution < 1.29 is 10.3 Å². The van der Waals surface area contributed by atoms with Crippen LogP contribution in [0.25, 0.3) is 11.1 Å². The SMILES string of the molecule is [O-]N(O)c1ccccc1-c1cnn(CCO)c1. The van der Waals surface area contributed by atoms with Crippen LogP contribution >= 0.6 is 0 Å². The zero-order chi connectivity index (χ0) is 12.3. The van der Waals surface area contributed by atoms with Crippen LogP contribution < -0.4 is 5.23 Å². The summed E-state index contributed by atoms with van der Waals surface area (Å²) in [5, 5.41) is 32.6. The van der Waals surface area contributed by atoms with Crippen LogP contribution in [0.3, 0.4) is 0 Å². The van der Waals surface area contributed by atoms with Gasteiger partial charge in [0.25, 0.3) is 0 Å². The minimum atomic E-state index is -0.168. The lowest BCUT2D eigenvalue weighted by Crippen LogP contribution is -2.08. The number of hydrogen-bond donors (Lipinski definition) is 2. The minimum absolute atomic E-state index is 0.00352. The molecule has 0 fully saturated rings. The molecule has 90 valence electrons. The van der Waals surface area contributed by atoms with Gasteiger partial charge in [0.1, 0.15) is 0 Å². The molecule has 17 heavy (non-hydrogen) atoms. The molecule has 1 heterocycles. The summed E-state index contributed by atoms with van der Waals surface area (Å²) in [5.41, 5.74) is 1.47. The van der Waals surface area contributed by atoms with Crippen LogP contribution in [0.2, 0.25) is 0 Å². The van der Waals surface area contributed by atoms with Gasteiger partial charge in [-0.15, -0.1) is 0 Å². The Balaban J connectivity index is 2.38. The van der Waals surface area contributed by atoms with E-state index in [1.54, 1.807) is 35.3 Å². The van der Waals surface area contributed by atoms with Gasteiger partial charge in [-0.2, -0.15) is 5.10 Å². The zero-order valence-corrected chi connectivity index (χ0v) is 9.02. The van der Waals surface area contributed by atoms with Crippen molar-refractivity contribution in [3.63, 3.8) is 0 Å². The molecular weight excluding hydrogens is 222 g/mol. The second kappa shape index (κ2) is 4.96. The first kappa shape index (κ1) is 11.6. The molecule has 0 spiro atoms. The first-order chi connectivity index (χ1) is 8.22. The van der Waals surface area contributed by atoms with Crippen molar-refractivity contribution in [3.8, 4) is 11.1 Å². The van der Waals surface area contributed by atoms with Crippen LogP contribution in [0, 0.1) is 5.21 Å². The number of nitrogens with zero attached hydrogens (tertiary/aromatic N) is 3. The molecular formula is C11H12N3O3-. The van der Waals surface area contributed by atoms with E-state index in [0.29, 0.717) is 17.7 Å². The number of para-hydroxylation sites is 1. The van der Waals surface area contributed by atoms with Gasteiger partial charge in [0.05, 0.1) is 25.0 Å². The maximum Gasteiger partial charge on any atom is 0.0641 e. The molecule has 0 atom stereocenters. The van der Waals surface area contributed by atoms with Gasteiger partial charge >= 0.3 is 0 Å². The molecule has 1 aromatic carbocycles. The second-order valence-corrected chi connectivity index (χ2v) is 3.51. The Morgan fingerprint density at radius 1 is 1.35 bits per heavy atom. The Hall–Kier alpha value is -1.89. The van der Waals surface area contributed by atoms with Gasteiger partial charge < -0.3 is 15.5 Å². The number of aromatic nitrogens is 2. The molecule has 0 aliphatic carbocycles. The Morgan fingerprint density at radius 2 is 2.12 bits per heavy atom. The van der Waals surface area contributed by atoms with E-state index in [4.69, 9.17) is 10.3 Å². The summed E-state index contributed by atoms with van der Waals surface area (Å²) in [7, 11) is 0. The van der Waals surface area contributed by atoms with E-state index >= 15 is 0 Å². The van der Waals surface area contributed by atoms with Gasteiger partial charge in [0.2, 0.25) is 0 Å². The largest absolute Gasteiger partial charge is 0.733 e. The molecule has 1 aromatic heterocycles. The molecule has 0 amide bonds. The maximum absolute atomic E-state index is 11.0. The second-order valence-electron chi connectivity index (χ2n) is 3.51. The average molecular weight is 234 g/mol. The van der Waals surface area contributed by atoms with E-state index in [1.165, 1.54) is 6.07 Å². The average Bonchev–Trinajstić information content (AvgIpc) is 2.78. The van der Waals surface area contributed by atoms with Crippen molar-refractivity contribution in [3.05, 3.63) is 41.9 Å². The normalized spacial score (nSPS) is 10.5. The topological polar surface area (TPSA) is 84.6 Å². The summed E-state index contributed by atoms with van der Waals surface area (Å²) in [5.74, 6) is 0. The lowest BCUT2D eigenvalue weighted by atomic mass is 10.1. The van der Waals surface area contributed by atoms with Crippen LogP contribution in [-0.4, -0.2) is 26.7 Å². The number of anilines is 1. The smallest absolute Gasteiger partial charge is 0.0641 e. The number of benzene rings is 1. The molecule has 0 saturated carbocycles. The number of rotatable bonds is 4. The van der Waals surface area contributed by atoms with E-state index < -0.39 is 0 Å². The summed E-state index contributed by atoms with van der Waals surface area (Å²) in [6.07, 6.45) is 3.29.